The minimum atomic E-state index is -1.37. The summed E-state index contributed by atoms with van der Waals surface area (Å²) in [6.45, 7) is 5.95. The third-order valence-corrected chi connectivity index (χ3v) is 8.39. The molecule has 0 saturated carbocycles. The largest absolute Gasteiger partial charge is 0.493 e. The number of amides is 2. The van der Waals surface area contributed by atoms with E-state index in [0.717, 1.165) is 54.9 Å². The molecule has 2 amide bonds. The van der Waals surface area contributed by atoms with Crippen molar-refractivity contribution in [3.63, 3.8) is 0 Å². The first-order valence-electron chi connectivity index (χ1n) is 15.9. The minimum absolute atomic E-state index is 0.156. The number of aromatic carboxylic acids is 1. The van der Waals surface area contributed by atoms with Gasteiger partial charge in [-0.25, -0.2) is 10.2 Å². The summed E-state index contributed by atoms with van der Waals surface area (Å²) >= 11 is 5.48. The van der Waals surface area contributed by atoms with Crippen LogP contribution in [0.3, 0.4) is 0 Å². The van der Waals surface area contributed by atoms with Crippen LogP contribution in [0.25, 0.3) is 0 Å². The third-order valence-electron chi connectivity index (χ3n) is 8.16. The summed E-state index contributed by atoms with van der Waals surface area (Å²) in [5.74, 6) is -1.18. The lowest BCUT2D eigenvalue weighted by molar-refractivity contribution is -0.385. The van der Waals surface area contributed by atoms with E-state index >= 15 is 0 Å². The second kappa shape index (κ2) is 17.6. The van der Waals surface area contributed by atoms with Crippen LogP contribution in [0.15, 0.2) is 77.9 Å². The fraction of sp³-hybridized carbons (Fsp3) is 0.243. The van der Waals surface area contributed by atoms with Crippen molar-refractivity contribution in [1.82, 2.24) is 5.43 Å². The topological polar surface area (TPSA) is 173 Å². The van der Waals surface area contributed by atoms with Gasteiger partial charge in [-0.05, 0) is 98.3 Å². The van der Waals surface area contributed by atoms with Crippen LogP contribution in [0.5, 0.6) is 11.5 Å². The lowest BCUT2D eigenvalue weighted by Gasteiger charge is -2.29. The number of methoxy groups -OCH3 is 2. The van der Waals surface area contributed by atoms with Gasteiger partial charge in [0.2, 0.25) is 0 Å². The summed E-state index contributed by atoms with van der Waals surface area (Å²) in [6, 6.07) is 19.8. The molecule has 266 valence electrons. The van der Waals surface area contributed by atoms with Crippen molar-refractivity contribution in [2.45, 2.75) is 33.1 Å². The molecular formula is C37H38ClN5O8. The van der Waals surface area contributed by atoms with Crippen LogP contribution >= 0.6 is 11.6 Å². The number of nitro groups is 1. The standard InChI is InChI=1S/C30H34N4O4.C7H4ClNO4/c1-20-8-9-22(16-21(20)2)19-31-33-30(36)25-18-24(34-14-6-5-7-15-34)11-12-26(25)32-29(35)23-10-13-27(37-3)28(17-23)38-4;8-4-1-2-6(9(12)13)5(3-4)7(10)11/h8-13,16-19H,5-7,14-15H2,1-4H3,(H,32,35)(H,33,36);1-3H,(H,10,11). The molecule has 1 saturated heterocycles. The molecule has 0 atom stereocenters. The molecule has 1 aliphatic heterocycles. The van der Waals surface area contributed by atoms with Gasteiger partial charge in [0.1, 0.15) is 5.56 Å². The van der Waals surface area contributed by atoms with Crippen molar-refractivity contribution >= 4 is 52.7 Å². The number of carbonyl (C=O) groups is 3. The molecule has 13 nitrogen and oxygen atoms in total. The van der Waals surface area contributed by atoms with E-state index in [2.05, 4.69) is 20.7 Å². The van der Waals surface area contributed by atoms with E-state index in [0.29, 0.717) is 28.3 Å². The normalized spacial score (nSPS) is 12.4. The second-order valence-electron chi connectivity index (χ2n) is 11.6. The maximum atomic E-state index is 13.3. The molecule has 0 bridgehead atoms. The molecule has 4 aromatic carbocycles. The molecule has 0 aliphatic carbocycles. The van der Waals surface area contributed by atoms with Gasteiger partial charge in [-0.2, -0.15) is 5.10 Å². The predicted molar refractivity (Wildman–Crippen MR) is 196 cm³/mol. The molecule has 51 heavy (non-hydrogen) atoms. The van der Waals surface area contributed by atoms with Crippen molar-refractivity contribution in [3.8, 4) is 11.5 Å². The van der Waals surface area contributed by atoms with Crippen LogP contribution in [0.4, 0.5) is 17.1 Å². The van der Waals surface area contributed by atoms with E-state index < -0.39 is 28.1 Å². The van der Waals surface area contributed by atoms with Gasteiger partial charge in [0.15, 0.2) is 11.5 Å². The Kier molecular flexibility index (Phi) is 13.1. The Morgan fingerprint density at radius 3 is 2.24 bits per heavy atom. The molecule has 1 heterocycles. The average molecular weight is 716 g/mol. The van der Waals surface area contributed by atoms with E-state index in [9.17, 15) is 24.5 Å². The smallest absolute Gasteiger partial charge is 0.342 e. The monoisotopic (exact) mass is 715 g/mol. The van der Waals surface area contributed by atoms with Crippen LogP contribution in [-0.2, 0) is 0 Å². The summed E-state index contributed by atoms with van der Waals surface area (Å²) < 4.78 is 10.6. The van der Waals surface area contributed by atoms with Gasteiger partial charge in [-0.3, -0.25) is 19.7 Å². The summed E-state index contributed by atoms with van der Waals surface area (Å²) in [4.78, 5) is 48.8. The van der Waals surface area contributed by atoms with Crippen molar-refractivity contribution in [3.05, 3.63) is 121 Å². The van der Waals surface area contributed by atoms with Gasteiger partial charge in [-0.1, -0.05) is 29.8 Å². The summed E-state index contributed by atoms with van der Waals surface area (Å²) in [5.41, 5.74) is 7.03. The highest BCUT2D eigenvalue weighted by molar-refractivity contribution is 6.31. The first kappa shape index (κ1) is 37.9. The zero-order chi connectivity index (χ0) is 37.1. The van der Waals surface area contributed by atoms with E-state index in [4.69, 9.17) is 26.2 Å². The van der Waals surface area contributed by atoms with Crippen molar-refractivity contribution in [2.75, 3.05) is 37.5 Å². The Morgan fingerprint density at radius 2 is 1.59 bits per heavy atom. The van der Waals surface area contributed by atoms with Crippen LogP contribution in [0.2, 0.25) is 5.02 Å². The summed E-state index contributed by atoms with van der Waals surface area (Å²) in [6.07, 6.45) is 5.04. The number of benzene rings is 4. The number of anilines is 2. The van der Waals surface area contributed by atoms with Gasteiger partial charge in [0.05, 0.1) is 36.6 Å². The number of ether oxygens (including phenoxy) is 2. The SMILES string of the molecule is COc1ccc(C(=O)Nc2ccc(N3CCCCC3)cc2C(=O)NN=Cc2ccc(C)c(C)c2)cc1OC.O=C(O)c1cc(Cl)ccc1[N+](=O)[O-]. The predicted octanol–water partition coefficient (Wildman–Crippen LogP) is 7.27. The third kappa shape index (κ3) is 10.0. The highest BCUT2D eigenvalue weighted by Crippen LogP contribution is 2.30. The van der Waals surface area contributed by atoms with Gasteiger partial charge in [0.25, 0.3) is 17.5 Å². The van der Waals surface area contributed by atoms with Gasteiger partial charge in [0, 0.05) is 35.4 Å². The Labute approximate surface area is 300 Å². The molecule has 1 aliphatic rings. The molecule has 4 aromatic rings. The average Bonchev–Trinajstić information content (AvgIpc) is 3.13. The second-order valence-corrected chi connectivity index (χ2v) is 12.0. The highest BCUT2D eigenvalue weighted by atomic mass is 35.5. The van der Waals surface area contributed by atoms with Crippen LogP contribution in [0.1, 0.15) is 67.0 Å². The van der Waals surface area contributed by atoms with Crippen molar-refractivity contribution in [2.24, 2.45) is 5.10 Å². The maximum absolute atomic E-state index is 13.3. The summed E-state index contributed by atoms with van der Waals surface area (Å²) in [5, 5.41) is 26.1. The number of rotatable bonds is 10. The molecule has 0 spiro atoms. The zero-order valence-corrected chi connectivity index (χ0v) is 29.3. The Hall–Kier alpha value is -5.95. The number of carboxylic acid groups (broad SMARTS) is 1. The van der Waals surface area contributed by atoms with E-state index in [1.165, 1.54) is 32.3 Å². The lowest BCUT2D eigenvalue weighted by atomic mass is 10.1. The van der Waals surface area contributed by atoms with E-state index in [-0.39, 0.29) is 10.9 Å². The van der Waals surface area contributed by atoms with Gasteiger partial charge < -0.3 is 24.8 Å². The van der Waals surface area contributed by atoms with Gasteiger partial charge in [-0.15, -0.1) is 0 Å². The summed E-state index contributed by atoms with van der Waals surface area (Å²) in [7, 11) is 3.05. The number of piperidine rings is 1. The van der Waals surface area contributed by atoms with E-state index in [1.54, 1.807) is 30.5 Å². The maximum Gasteiger partial charge on any atom is 0.342 e. The van der Waals surface area contributed by atoms with Crippen molar-refractivity contribution < 1.29 is 33.9 Å². The Bertz CT molecular complexity index is 1960. The minimum Gasteiger partial charge on any atom is -0.493 e. The number of carbonyl (C=O) groups excluding carboxylic acids is 2. The van der Waals surface area contributed by atoms with E-state index in [1.807, 2.05) is 44.2 Å². The lowest BCUT2D eigenvalue weighted by Crippen LogP contribution is -2.30. The first-order chi connectivity index (χ1) is 24.4. The molecule has 0 unspecified atom stereocenters. The fourth-order valence-electron chi connectivity index (χ4n) is 5.26. The highest BCUT2D eigenvalue weighted by Gasteiger charge is 2.20. The molecule has 3 N–H and O–H groups in total. The molecule has 5 rings (SSSR count). The number of hydrazone groups is 1. The zero-order valence-electron chi connectivity index (χ0n) is 28.6. The molecule has 0 aromatic heterocycles. The number of nitrogens with one attached hydrogen (secondary N) is 2. The molecule has 1 fully saturated rings. The molecule has 14 heteroatoms. The first-order valence-corrected chi connectivity index (χ1v) is 16.3. The number of nitro benzene ring substituents is 1. The number of nitrogens with zero attached hydrogens (tertiary/aromatic N) is 3. The quantitative estimate of drug-likeness (QED) is 0.0867. The fourth-order valence-corrected chi connectivity index (χ4v) is 5.43. The number of carboxylic acids is 1. The number of hydrogen-bond donors (Lipinski definition) is 3. The number of hydrogen-bond acceptors (Lipinski definition) is 9. The van der Waals surface area contributed by atoms with Crippen LogP contribution in [-0.4, -0.2) is 61.3 Å². The van der Waals surface area contributed by atoms with Crippen LogP contribution < -0.4 is 25.1 Å². The molecular weight excluding hydrogens is 678 g/mol. The van der Waals surface area contributed by atoms with Crippen molar-refractivity contribution in [1.29, 1.82) is 0 Å². The number of halogens is 1. The number of aryl methyl sites for hydroxylation is 2. The Morgan fingerprint density at radius 1 is 0.863 bits per heavy atom. The van der Waals surface area contributed by atoms with Gasteiger partial charge >= 0.3 is 5.97 Å². The van der Waals surface area contributed by atoms with Crippen LogP contribution in [0, 0.1) is 24.0 Å². The molecule has 0 radical (unpaired) electrons. The Balaban J connectivity index is 0.000000378.